The molecule has 1 saturated carbocycles. The monoisotopic (exact) mass is 245 g/mol. The molecule has 1 fully saturated rings. The molecular formula is C12H14F3NO. The third kappa shape index (κ3) is 2.72. The van der Waals surface area contributed by atoms with Crippen LogP contribution in [0.4, 0.5) is 13.2 Å². The Morgan fingerprint density at radius 1 is 1.35 bits per heavy atom. The molecule has 0 aromatic heterocycles. The van der Waals surface area contributed by atoms with E-state index in [-0.39, 0.29) is 17.7 Å². The van der Waals surface area contributed by atoms with Crippen LogP contribution in [0.15, 0.2) is 24.3 Å². The van der Waals surface area contributed by atoms with E-state index in [9.17, 15) is 13.2 Å². The van der Waals surface area contributed by atoms with E-state index in [0.717, 1.165) is 12.0 Å². The van der Waals surface area contributed by atoms with Crippen molar-refractivity contribution in [3.05, 3.63) is 29.8 Å². The van der Waals surface area contributed by atoms with Gasteiger partial charge in [0.1, 0.15) is 5.75 Å². The van der Waals surface area contributed by atoms with Gasteiger partial charge in [-0.15, -0.1) is 13.2 Å². The summed E-state index contributed by atoms with van der Waals surface area (Å²) in [5.41, 5.74) is 6.64. The van der Waals surface area contributed by atoms with Crippen molar-refractivity contribution >= 4 is 0 Å². The average molecular weight is 245 g/mol. The summed E-state index contributed by atoms with van der Waals surface area (Å²) >= 11 is 0. The summed E-state index contributed by atoms with van der Waals surface area (Å²) < 4.78 is 40.1. The van der Waals surface area contributed by atoms with Gasteiger partial charge in [-0.2, -0.15) is 0 Å². The fraction of sp³-hybridized carbons (Fsp3) is 0.500. The first-order valence-electron chi connectivity index (χ1n) is 5.48. The quantitative estimate of drug-likeness (QED) is 0.869. The molecule has 1 aromatic carbocycles. The fourth-order valence-corrected chi connectivity index (χ4v) is 2.21. The molecule has 94 valence electrons. The molecule has 0 amide bonds. The van der Waals surface area contributed by atoms with Crippen LogP contribution in [0, 0.1) is 5.92 Å². The predicted octanol–water partition coefficient (Wildman–Crippen LogP) is 3.04. The molecule has 0 radical (unpaired) electrons. The number of rotatable bonds is 2. The SMILES string of the molecule is CC1C(N)CC1c1cccc(OC(F)(F)F)c1. The van der Waals surface area contributed by atoms with Gasteiger partial charge < -0.3 is 10.5 Å². The maximum Gasteiger partial charge on any atom is 0.573 e. The van der Waals surface area contributed by atoms with Crippen molar-refractivity contribution in [3.8, 4) is 5.75 Å². The number of hydrogen-bond donors (Lipinski definition) is 1. The maximum atomic E-state index is 12.1. The van der Waals surface area contributed by atoms with Gasteiger partial charge in [0.2, 0.25) is 0 Å². The molecule has 1 aromatic rings. The molecule has 1 aliphatic carbocycles. The predicted molar refractivity (Wildman–Crippen MR) is 57.6 cm³/mol. The van der Waals surface area contributed by atoms with Gasteiger partial charge in [-0.25, -0.2) is 0 Å². The van der Waals surface area contributed by atoms with E-state index in [4.69, 9.17) is 5.73 Å². The third-order valence-corrected chi connectivity index (χ3v) is 3.36. The molecular weight excluding hydrogens is 231 g/mol. The van der Waals surface area contributed by atoms with E-state index in [1.165, 1.54) is 12.1 Å². The number of benzene rings is 1. The van der Waals surface area contributed by atoms with Crippen LogP contribution in [0.25, 0.3) is 0 Å². The van der Waals surface area contributed by atoms with Crippen molar-refractivity contribution in [2.75, 3.05) is 0 Å². The summed E-state index contributed by atoms with van der Waals surface area (Å²) in [7, 11) is 0. The van der Waals surface area contributed by atoms with Gasteiger partial charge >= 0.3 is 6.36 Å². The van der Waals surface area contributed by atoms with Crippen LogP contribution in [0.1, 0.15) is 24.8 Å². The summed E-state index contributed by atoms with van der Waals surface area (Å²) in [5.74, 6) is 0.376. The topological polar surface area (TPSA) is 35.2 Å². The van der Waals surface area contributed by atoms with Crippen LogP contribution < -0.4 is 10.5 Å². The summed E-state index contributed by atoms with van der Waals surface area (Å²) in [6, 6.07) is 6.29. The maximum absolute atomic E-state index is 12.1. The Morgan fingerprint density at radius 2 is 2.06 bits per heavy atom. The van der Waals surface area contributed by atoms with Crippen LogP contribution in [-0.2, 0) is 0 Å². The number of nitrogens with two attached hydrogens (primary N) is 1. The van der Waals surface area contributed by atoms with Gasteiger partial charge in [-0.05, 0) is 36.0 Å². The van der Waals surface area contributed by atoms with Crippen LogP contribution in [0.5, 0.6) is 5.75 Å². The highest BCUT2D eigenvalue weighted by atomic mass is 19.4. The second kappa shape index (κ2) is 4.22. The average Bonchev–Trinajstić information content (AvgIpc) is 2.23. The minimum absolute atomic E-state index is 0.146. The summed E-state index contributed by atoms with van der Waals surface area (Å²) in [6.07, 6.45) is -3.82. The Bertz CT molecular complexity index is 405. The van der Waals surface area contributed by atoms with Gasteiger partial charge in [0.05, 0.1) is 0 Å². The smallest absolute Gasteiger partial charge is 0.406 e. The summed E-state index contributed by atoms with van der Waals surface area (Å²) in [5, 5.41) is 0. The number of alkyl halides is 3. The highest BCUT2D eigenvalue weighted by Gasteiger charge is 2.36. The molecule has 0 bridgehead atoms. The van der Waals surface area contributed by atoms with E-state index in [1.54, 1.807) is 6.07 Å². The Hall–Kier alpha value is -1.23. The van der Waals surface area contributed by atoms with Crippen LogP contribution in [-0.4, -0.2) is 12.4 Å². The van der Waals surface area contributed by atoms with Crippen molar-refractivity contribution < 1.29 is 17.9 Å². The molecule has 0 heterocycles. The lowest BCUT2D eigenvalue weighted by Gasteiger charge is -2.41. The second-order valence-electron chi connectivity index (χ2n) is 4.49. The molecule has 2 nitrogen and oxygen atoms in total. The zero-order valence-corrected chi connectivity index (χ0v) is 9.37. The Labute approximate surface area is 97.6 Å². The third-order valence-electron chi connectivity index (χ3n) is 3.36. The first-order chi connectivity index (χ1) is 7.87. The molecule has 0 aliphatic heterocycles. The standard InChI is InChI=1S/C12H14F3NO/c1-7-10(6-11(7)16)8-3-2-4-9(5-8)17-12(13,14)15/h2-5,7,10-11H,6,16H2,1H3. The summed E-state index contributed by atoms with van der Waals surface area (Å²) in [4.78, 5) is 0. The van der Waals surface area contributed by atoms with Crippen LogP contribution >= 0.6 is 0 Å². The normalized spacial score (nSPS) is 28.6. The highest BCUT2D eigenvalue weighted by molar-refractivity contribution is 5.33. The Balaban J connectivity index is 2.12. The molecule has 17 heavy (non-hydrogen) atoms. The van der Waals surface area contributed by atoms with Gasteiger partial charge in [0.15, 0.2) is 0 Å². The minimum Gasteiger partial charge on any atom is -0.406 e. The molecule has 2 rings (SSSR count). The van der Waals surface area contributed by atoms with Gasteiger partial charge in [0.25, 0.3) is 0 Å². The number of halogens is 3. The molecule has 5 heteroatoms. The molecule has 0 saturated heterocycles. The largest absolute Gasteiger partial charge is 0.573 e. The lowest BCUT2D eigenvalue weighted by atomic mass is 9.67. The molecule has 2 N–H and O–H groups in total. The highest BCUT2D eigenvalue weighted by Crippen LogP contribution is 2.42. The first kappa shape index (κ1) is 12.2. The zero-order valence-electron chi connectivity index (χ0n) is 9.37. The zero-order chi connectivity index (χ0) is 12.6. The van der Waals surface area contributed by atoms with E-state index < -0.39 is 6.36 Å². The van der Waals surface area contributed by atoms with E-state index >= 15 is 0 Å². The fourth-order valence-electron chi connectivity index (χ4n) is 2.21. The van der Waals surface area contributed by atoms with Crippen molar-refractivity contribution in [2.45, 2.75) is 31.7 Å². The summed E-state index contributed by atoms with van der Waals surface area (Å²) in [6.45, 7) is 2.01. The molecule has 3 atom stereocenters. The van der Waals surface area contributed by atoms with E-state index in [2.05, 4.69) is 4.74 Å². The lowest BCUT2D eigenvalue weighted by Crippen LogP contribution is -2.44. The van der Waals surface area contributed by atoms with E-state index in [0.29, 0.717) is 5.92 Å². The van der Waals surface area contributed by atoms with Gasteiger partial charge in [-0.1, -0.05) is 19.1 Å². The Kier molecular flexibility index (Phi) is 3.03. The molecule has 3 unspecified atom stereocenters. The number of ether oxygens (including phenoxy) is 1. The van der Waals surface area contributed by atoms with Crippen molar-refractivity contribution in [3.63, 3.8) is 0 Å². The van der Waals surface area contributed by atoms with Crippen LogP contribution in [0.3, 0.4) is 0 Å². The molecule has 0 spiro atoms. The number of hydrogen-bond acceptors (Lipinski definition) is 2. The van der Waals surface area contributed by atoms with Gasteiger partial charge in [0, 0.05) is 6.04 Å². The first-order valence-corrected chi connectivity index (χ1v) is 5.48. The Morgan fingerprint density at radius 3 is 2.59 bits per heavy atom. The van der Waals surface area contributed by atoms with Crippen LogP contribution in [0.2, 0.25) is 0 Å². The van der Waals surface area contributed by atoms with Crippen molar-refractivity contribution in [1.29, 1.82) is 0 Å². The second-order valence-corrected chi connectivity index (χ2v) is 4.49. The minimum atomic E-state index is -4.64. The lowest BCUT2D eigenvalue weighted by molar-refractivity contribution is -0.274. The van der Waals surface area contributed by atoms with E-state index in [1.807, 2.05) is 13.0 Å². The van der Waals surface area contributed by atoms with Crippen molar-refractivity contribution in [2.24, 2.45) is 11.7 Å². The van der Waals surface area contributed by atoms with Gasteiger partial charge in [-0.3, -0.25) is 0 Å². The molecule has 1 aliphatic rings. The van der Waals surface area contributed by atoms with Crippen molar-refractivity contribution in [1.82, 2.24) is 0 Å².